The lowest BCUT2D eigenvalue weighted by atomic mass is 10.3. The Kier molecular flexibility index (Phi) is 4.03. The second-order valence-electron chi connectivity index (χ2n) is 5.33. The lowest BCUT2D eigenvalue weighted by molar-refractivity contribution is 0.536. The fraction of sp³-hybridized carbons (Fsp3) is 0.375. The van der Waals surface area contributed by atoms with Gasteiger partial charge in [0, 0.05) is 31.1 Å². The first-order valence-electron chi connectivity index (χ1n) is 7.21. The predicted octanol–water partition coefficient (Wildman–Crippen LogP) is 3.23. The van der Waals surface area contributed by atoms with Crippen LogP contribution in [0.25, 0.3) is 11.0 Å². The van der Waals surface area contributed by atoms with Gasteiger partial charge in [-0.25, -0.2) is 9.97 Å². The largest absolute Gasteiger partial charge is 0.330 e. The molecule has 0 aliphatic carbocycles. The predicted molar refractivity (Wildman–Crippen MR) is 87.7 cm³/mol. The van der Waals surface area contributed by atoms with Gasteiger partial charge in [0.1, 0.15) is 5.82 Å². The fourth-order valence-corrected chi connectivity index (χ4v) is 3.33. The normalized spacial score (nSPS) is 12.9. The number of nitrogens with zero attached hydrogens (tertiary/aromatic N) is 3. The van der Waals surface area contributed by atoms with Gasteiger partial charge >= 0.3 is 0 Å². The lowest BCUT2D eigenvalue weighted by Gasteiger charge is -2.13. The maximum Gasteiger partial charge on any atom is 0.126 e. The Labute approximate surface area is 128 Å². The zero-order valence-electron chi connectivity index (χ0n) is 12.6. The minimum absolute atomic E-state index is 0.225. The molecule has 1 N–H and O–H groups in total. The minimum Gasteiger partial charge on any atom is -0.330 e. The first-order chi connectivity index (χ1) is 10.1. The molecule has 0 amide bonds. The molecule has 0 radical (unpaired) electrons. The third-order valence-corrected chi connectivity index (χ3v) is 4.69. The summed E-state index contributed by atoms with van der Waals surface area (Å²) >= 11 is 1.73. The van der Waals surface area contributed by atoms with E-state index in [1.807, 2.05) is 13.0 Å². The van der Waals surface area contributed by atoms with Crippen molar-refractivity contribution in [2.75, 3.05) is 6.54 Å². The summed E-state index contributed by atoms with van der Waals surface area (Å²) in [5.41, 5.74) is 3.34. The number of nitrogens with one attached hydrogen (secondary N) is 1. The molecule has 21 heavy (non-hydrogen) atoms. The van der Waals surface area contributed by atoms with Gasteiger partial charge in [-0.2, -0.15) is 0 Å². The van der Waals surface area contributed by atoms with Crippen LogP contribution in [-0.2, 0) is 13.5 Å². The van der Waals surface area contributed by atoms with Gasteiger partial charge in [0.15, 0.2) is 0 Å². The SMILES string of the molecule is Cc1csc(CCNC(C)c2nc3ccccc3n2C)n1. The average Bonchev–Trinajstić information content (AvgIpc) is 3.03. The topological polar surface area (TPSA) is 42.7 Å². The van der Waals surface area contributed by atoms with E-state index in [1.165, 1.54) is 10.5 Å². The molecule has 0 aliphatic heterocycles. The highest BCUT2D eigenvalue weighted by Crippen LogP contribution is 2.19. The summed E-state index contributed by atoms with van der Waals surface area (Å²) in [6.45, 7) is 5.11. The molecule has 4 nitrogen and oxygen atoms in total. The number of fused-ring (bicyclic) bond motifs is 1. The van der Waals surface area contributed by atoms with E-state index >= 15 is 0 Å². The summed E-state index contributed by atoms with van der Waals surface area (Å²) in [5.74, 6) is 1.08. The van der Waals surface area contributed by atoms with E-state index in [1.54, 1.807) is 11.3 Å². The van der Waals surface area contributed by atoms with Gasteiger partial charge < -0.3 is 9.88 Å². The zero-order valence-corrected chi connectivity index (χ0v) is 13.4. The molecule has 2 aromatic heterocycles. The Morgan fingerprint density at radius 2 is 2.10 bits per heavy atom. The van der Waals surface area contributed by atoms with Gasteiger partial charge in [-0.3, -0.25) is 0 Å². The van der Waals surface area contributed by atoms with E-state index in [0.29, 0.717) is 0 Å². The summed E-state index contributed by atoms with van der Waals surface area (Å²) in [6.07, 6.45) is 0.965. The van der Waals surface area contributed by atoms with Gasteiger partial charge in [-0.1, -0.05) is 12.1 Å². The summed E-state index contributed by atoms with van der Waals surface area (Å²) in [4.78, 5) is 9.22. The molecule has 0 aliphatic rings. The van der Waals surface area contributed by atoms with E-state index in [4.69, 9.17) is 4.98 Å². The summed E-state index contributed by atoms with van der Waals surface area (Å²) in [7, 11) is 2.08. The fourth-order valence-electron chi connectivity index (χ4n) is 2.56. The van der Waals surface area contributed by atoms with E-state index < -0.39 is 0 Å². The van der Waals surface area contributed by atoms with Crippen LogP contribution in [0.2, 0.25) is 0 Å². The molecule has 1 aromatic carbocycles. The maximum absolute atomic E-state index is 4.73. The van der Waals surface area contributed by atoms with Crippen molar-refractivity contribution >= 4 is 22.4 Å². The van der Waals surface area contributed by atoms with Crippen molar-refractivity contribution in [2.45, 2.75) is 26.3 Å². The Hall–Kier alpha value is -1.72. The smallest absolute Gasteiger partial charge is 0.126 e. The van der Waals surface area contributed by atoms with Crippen molar-refractivity contribution in [1.82, 2.24) is 19.9 Å². The third-order valence-electron chi connectivity index (χ3n) is 3.66. The van der Waals surface area contributed by atoms with Crippen molar-refractivity contribution in [1.29, 1.82) is 0 Å². The van der Waals surface area contributed by atoms with Crippen LogP contribution < -0.4 is 5.32 Å². The summed E-state index contributed by atoms with van der Waals surface area (Å²) in [6, 6.07) is 8.47. The van der Waals surface area contributed by atoms with Crippen LogP contribution in [0, 0.1) is 6.92 Å². The monoisotopic (exact) mass is 300 g/mol. The number of aryl methyl sites for hydroxylation is 2. The summed E-state index contributed by atoms with van der Waals surface area (Å²) in [5, 5.41) is 6.84. The standard InChI is InChI=1S/C16H20N4S/c1-11-10-21-15(18-11)8-9-17-12(2)16-19-13-6-4-5-7-14(13)20(16)3/h4-7,10,12,17H,8-9H2,1-3H3. The number of rotatable bonds is 5. The molecule has 1 unspecified atom stereocenters. The van der Waals surface area contributed by atoms with Crippen molar-refractivity contribution < 1.29 is 0 Å². The van der Waals surface area contributed by atoms with E-state index in [0.717, 1.165) is 30.0 Å². The molecule has 3 rings (SSSR count). The van der Waals surface area contributed by atoms with Crippen molar-refractivity contribution in [2.24, 2.45) is 7.05 Å². The van der Waals surface area contributed by atoms with Crippen LogP contribution in [0.15, 0.2) is 29.6 Å². The Bertz CT molecular complexity index is 744. The van der Waals surface area contributed by atoms with Gasteiger partial charge in [0.25, 0.3) is 0 Å². The van der Waals surface area contributed by atoms with Gasteiger partial charge in [-0.15, -0.1) is 11.3 Å². The number of aromatic nitrogens is 3. The van der Waals surface area contributed by atoms with Crippen molar-refractivity contribution in [3.8, 4) is 0 Å². The number of thiazole rings is 1. The molecule has 0 bridgehead atoms. The van der Waals surface area contributed by atoms with Gasteiger partial charge in [0.05, 0.1) is 22.1 Å². The zero-order chi connectivity index (χ0) is 14.8. The maximum atomic E-state index is 4.73. The second-order valence-corrected chi connectivity index (χ2v) is 6.27. The van der Waals surface area contributed by atoms with Crippen LogP contribution in [0.4, 0.5) is 0 Å². The van der Waals surface area contributed by atoms with E-state index in [-0.39, 0.29) is 6.04 Å². The van der Waals surface area contributed by atoms with Crippen molar-refractivity contribution in [3.63, 3.8) is 0 Å². The van der Waals surface area contributed by atoms with Gasteiger partial charge in [0.2, 0.25) is 0 Å². The van der Waals surface area contributed by atoms with Crippen LogP contribution in [-0.4, -0.2) is 21.1 Å². The van der Waals surface area contributed by atoms with Gasteiger partial charge in [-0.05, 0) is 26.0 Å². The highest BCUT2D eigenvalue weighted by Gasteiger charge is 2.13. The second kappa shape index (κ2) is 5.95. The highest BCUT2D eigenvalue weighted by molar-refractivity contribution is 7.09. The first kappa shape index (κ1) is 14.2. The molecule has 5 heteroatoms. The molecule has 110 valence electrons. The van der Waals surface area contributed by atoms with E-state index in [9.17, 15) is 0 Å². The van der Waals surface area contributed by atoms with E-state index in [2.05, 4.69) is 52.4 Å². The third kappa shape index (κ3) is 2.99. The van der Waals surface area contributed by atoms with Crippen molar-refractivity contribution in [3.05, 3.63) is 46.2 Å². The molecule has 1 atom stereocenters. The number of para-hydroxylation sites is 2. The quantitative estimate of drug-likeness (QED) is 0.786. The molecule has 0 spiro atoms. The Balaban J connectivity index is 1.66. The average molecular weight is 300 g/mol. The van der Waals surface area contributed by atoms with Crippen LogP contribution in [0.3, 0.4) is 0 Å². The summed E-state index contributed by atoms with van der Waals surface area (Å²) < 4.78 is 2.17. The molecule has 2 heterocycles. The molecule has 0 saturated carbocycles. The molecular formula is C16H20N4S. The Morgan fingerprint density at radius 1 is 1.29 bits per heavy atom. The lowest BCUT2D eigenvalue weighted by Crippen LogP contribution is -2.23. The molecule has 3 aromatic rings. The first-order valence-corrected chi connectivity index (χ1v) is 8.09. The molecular weight excluding hydrogens is 280 g/mol. The number of imidazole rings is 1. The number of benzene rings is 1. The molecule has 0 fully saturated rings. The minimum atomic E-state index is 0.225. The number of hydrogen-bond donors (Lipinski definition) is 1. The number of hydrogen-bond acceptors (Lipinski definition) is 4. The highest BCUT2D eigenvalue weighted by atomic mass is 32.1. The Morgan fingerprint density at radius 3 is 2.81 bits per heavy atom. The molecule has 0 saturated heterocycles. The van der Waals surface area contributed by atoms with Crippen LogP contribution >= 0.6 is 11.3 Å². The van der Waals surface area contributed by atoms with Crippen LogP contribution in [0.1, 0.15) is 29.5 Å². The van der Waals surface area contributed by atoms with Crippen LogP contribution in [0.5, 0.6) is 0 Å².